The second-order valence-corrected chi connectivity index (χ2v) is 18.3. The van der Waals surface area contributed by atoms with E-state index < -0.39 is 73.7 Å². The minimum absolute atomic E-state index is 0.00500. The van der Waals surface area contributed by atoms with Crippen molar-refractivity contribution < 1.29 is 37.1 Å². The van der Waals surface area contributed by atoms with Crippen LogP contribution in [0, 0.1) is 22.7 Å². The molecule has 2 heterocycles. The number of amides is 5. The maximum atomic E-state index is 14.5. The van der Waals surface area contributed by atoms with Crippen molar-refractivity contribution in [2.75, 3.05) is 32.1 Å². The molecule has 0 aromatic carbocycles. The molecule has 0 bridgehead atoms. The quantitative estimate of drug-likeness (QED) is 0.166. The van der Waals surface area contributed by atoms with Crippen molar-refractivity contribution in [3.05, 3.63) is 12.7 Å². The zero-order valence-corrected chi connectivity index (χ0v) is 30.9. The van der Waals surface area contributed by atoms with Gasteiger partial charge in [-0.15, -0.1) is 6.58 Å². The Bertz CT molecular complexity index is 1400. The van der Waals surface area contributed by atoms with E-state index in [1.165, 1.54) is 11.0 Å². The molecule has 4 rings (SSSR count). The number of Topliss-reactive ketones (excluding diaryl/α,β-unsaturated/α-hetero) is 1. The third-order valence-corrected chi connectivity index (χ3v) is 13.4. The first-order valence-corrected chi connectivity index (χ1v) is 19.5. The number of unbranched alkanes of at least 4 members (excludes halogenated alkanes) is 1. The van der Waals surface area contributed by atoms with Crippen LogP contribution in [0.3, 0.4) is 0 Å². The molecule has 2 aliphatic carbocycles. The lowest BCUT2D eigenvalue weighted by Gasteiger charge is -2.45. The second-order valence-electron chi connectivity index (χ2n) is 16.0. The first-order chi connectivity index (χ1) is 22.9. The summed E-state index contributed by atoms with van der Waals surface area (Å²) >= 11 is 0. The summed E-state index contributed by atoms with van der Waals surface area (Å²) in [7, 11) is -3.52. The van der Waals surface area contributed by atoms with E-state index in [0.717, 1.165) is 25.7 Å². The number of nitrogens with one attached hydrogen (secondary N) is 4. The first kappa shape index (κ1) is 38.8. The van der Waals surface area contributed by atoms with Crippen LogP contribution in [-0.2, 0) is 33.8 Å². The van der Waals surface area contributed by atoms with E-state index in [-0.39, 0.29) is 49.2 Å². The summed E-state index contributed by atoms with van der Waals surface area (Å²) in [6, 6.07) is -3.64. The van der Waals surface area contributed by atoms with Crippen molar-refractivity contribution >= 4 is 39.4 Å². The van der Waals surface area contributed by atoms with E-state index in [9.17, 15) is 32.4 Å². The molecule has 4 aliphatic rings. The van der Waals surface area contributed by atoms with Gasteiger partial charge in [0.1, 0.15) is 17.3 Å². The normalized spacial score (nSPS) is 27.8. The van der Waals surface area contributed by atoms with Crippen LogP contribution in [0.2, 0.25) is 0 Å². The number of hydrogen-bond acceptors (Lipinski definition) is 8. The molecule has 0 aromatic rings. The Kier molecular flexibility index (Phi) is 11.9. The van der Waals surface area contributed by atoms with E-state index in [1.807, 2.05) is 41.5 Å². The fourth-order valence-electron chi connectivity index (χ4n) is 8.19. The average Bonchev–Trinajstić information content (AvgIpc) is 3.33. The molecule has 2 saturated heterocycles. The third-order valence-electron chi connectivity index (χ3n) is 11.2. The first-order valence-electron chi connectivity index (χ1n) is 17.8. The fraction of sp³-hybridized carbons (Fsp3) is 0.800. The molecule has 5 amide bonds. The summed E-state index contributed by atoms with van der Waals surface area (Å²) in [5.74, 6) is -2.72. The standard InChI is InChI=1S/C35H57N5O8S/c1-8-10-14-23(27(41)30(43)36-17-9-2)37-29(42)26-25-22(34(25,6)7)20-40(26)31(44)28(33(3,4)5)38-32(45)39-35(15-12-11-13-16-35)24-21-48-18-19-49(24,46)47/h9,22-26,28H,2,8,10-21H2,1,3-7H3,(H,36,43)(H,37,42)(H2,38,39,45)/t22?,23?,24?,25?,26-,28-/m1/s1. The SMILES string of the molecule is C=CCNC(=O)C(=O)C(CCCC)NC(=O)[C@H]1C2C(CN1C(=O)[C@@H](NC(=O)NC1(C3COCCS3(=O)=O)CCCCC1)C(C)(C)C)C2(C)C. The Morgan fingerprint density at radius 3 is 2.33 bits per heavy atom. The number of ketones is 1. The predicted molar refractivity (Wildman–Crippen MR) is 185 cm³/mol. The lowest BCUT2D eigenvalue weighted by Crippen LogP contribution is -2.67. The number of rotatable bonds is 13. The number of ether oxygens (including phenoxy) is 1. The summed E-state index contributed by atoms with van der Waals surface area (Å²) in [5.41, 5.74) is -2.01. The van der Waals surface area contributed by atoms with Crippen LogP contribution in [0.25, 0.3) is 0 Å². The Morgan fingerprint density at radius 1 is 1.06 bits per heavy atom. The maximum Gasteiger partial charge on any atom is 0.315 e. The van der Waals surface area contributed by atoms with Gasteiger partial charge in [0.2, 0.25) is 17.6 Å². The molecule has 14 heteroatoms. The molecule has 13 nitrogen and oxygen atoms in total. The van der Waals surface area contributed by atoms with Crippen molar-refractivity contribution in [3.63, 3.8) is 0 Å². The van der Waals surface area contributed by atoms with E-state index in [4.69, 9.17) is 4.74 Å². The summed E-state index contributed by atoms with van der Waals surface area (Å²) in [4.78, 5) is 69.5. The van der Waals surface area contributed by atoms with Crippen molar-refractivity contribution in [2.45, 2.75) is 122 Å². The van der Waals surface area contributed by atoms with Crippen molar-refractivity contribution in [2.24, 2.45) is 22.7 Å². The van der Waals surface area contributed by atoms with Crippen LogP contribution in [0.1, 0.15) is 92.9 Å². The zero-order chi connectivity index (χ0) is 36.4. The summed E-state index contributed by atoms with van der Waals surface area (Å²) in [5, 5.41) is 10.3. The van der Waals surface area contributed by atoms with Crippen LogP contribution in [0.5, 0.6) is 0 Å². The summed E-state index contributed by atoms with van der Waals surface area (Å²) < 4.78 is 31.9. The number of carbonyl (C=O) groups excluding carboxylic acids is 5. The molecular weight excluding hydrogens is 650 g/mol. The molecule has 49 heavy (non-hydrogen) atoms. The van der Waals surface area contributed by atoms with Gasteiger partial charge in [-0.2, -0.15) is 0 Å². The molecule has 0 spiro atoms. The van der Waals surface area contributed by atoms with Gasteiger partial charge in [0.25, 0.3) is 5.91 Å². The highest BCUT2D eigenvalue weighted by atomic mass is 32.2. The van der Waals surface area contributed by atoms with Crippen LogP contribution in [0.4, 0.5) is 4.79 Å². The molecule has 4 N–H and O–H groups in total. The van der Waals surface area contributed by atoms with Crippen LogP contribution in [0.15, 0.2) is 12.7 Å². The molecule has 0 radical (unpaired) electrons. The van der Waals surface area contributed by atoms with Crippen LogP contribution < -0.4 is 21.3 Å². The molecule has 4 unspecified atom stereocenters. The van der Waals surface area contributed by atoms with Gasteiger partial charge in [-0.25, -0.2) is 13.2 Å². The second kappa shape index (κ2) is 15.1. The highest BCUT2D eigenvalue weighted by Gasteiger charge is 2.70. The van der Waals surface area contributed by atoms with Gasteiger partial charge in [-0.05, 0) is 41.9 Å². The van der Waals surface area contributed by atoms with Gasteiger partial charge in [0.15, 0.2) is 9.84 Å². The lowest BCUT2D eigenvalue weighted by atomic mass is 9.79. The largest absolute Gasteiger partial charge is 0.379 e. The van der Waals surface area contributed by atoms with E-state index in [1.54, 1.807) is 0 Å². The van der Waals surface area contributed by atoms with Gasteiger partial charge in [0, 0.05) is 13.1 Å². The minimum atomic E-state index is -3.52. The Hall–Kier alpha value is -3.00. The number of hydrogen-bond donors (Lipinski definition) is 4. The molecule has 2 aliphatic heterocycles. The molecule has 2 saturated carbocycles. The highest BCUT2D eigenvalue weighted by molar-refractivity contribution is 7.92. The average molecular weight is 708 g/mol. The minimum Gasteiger partial charge on any atom is -0.379 e. The molecule has 0 aromatic heterocycles. The topological polar surface area (TPSA) is 180 Å². The zero-order valence-electron chi connectivity index (χ0n) is 30.1. The molecule has 4 fully saturated rings. The van der Waals surface area contributed by atoms with Gasteiger partial charge < -0.3 is 30.9 Å². The fourth-order valence-corrected chi connectivity index (χ4v) is 10.1. The van der Waals surface area contributed by atoms with Crippen LogP contribution in [-0.4, -0.2) is 104 Å². The number of carbonyl (C=O) groups is 5. The monoisotopic (exact) mass is 707 g/mol. The number of nitrogens with zero attached hydrogens (tertiary/aromatic N) is 1. The smallest absolute Gasteiger partial charge is 0.315 e. The highest BCUT2D eigenvalue weighted by Crippen LogP contribution is 2.65. The molecule has 6 atom stereocenters. The van der Waals surface area contributed by atoms with E-state index in [0.29, 0.717) is 25.8 Å². The molecular formula is C35H57N5O8S. The Labute approximate surface area is 291 Å². The van der Waals surface area contributed by atoms with Gasteiger partial charge >= 0.3 is 6.03 Å². The number of fused-ring (bicyclic) bond motifs is 1. The number of sulfone groups is 1. The van der Waals surface area contributed by atoms with E-state index in [2.05, 4.69) is 27.8 Å². The summed E-state index contributed by atoms with van der Waals surface area (Å²) in [6.45, 7) is 15.6. The van der Waals surface area contributed by atoms with Gasteiger partial charge in [0.05, 0.1) is 30.5 Å². The lowest BCUT2D eigenvalue weighted by molar-refractivity contribution is -0.145. The molecule has 276 valence electrons. The Balaban J connectivity index is 1.56. The number of likely N-dealkylation sites (tertiary alicyclic amines) is 1. The van der Waals surface area contributed by atoms with Gasteiger partial charge in [-0.1, -0.05) is 79.7 Å². The number of urea groups is 1. The van der Waals surface area contributed by atoms with Crippen molar-refractivity contribution in [1.29, 1.82) is 0 Å². The summed E-state index contributed by atoms with van der Waals surface area (Å²) in [6.07, 6.45) is 6.52. The number of piperidine rings is 1. The van der Waals surface area contributed by atoms with E-state index >= 15 is 0 Å². The maximum absolute atomic E-state index is 14.5. The van der Waals surface area contributed by atoms with Crippen LogP contribution >= 0.6 is 0 Å². The van der Waals surface area contributed by atoms with Crippen molar-refractivity contribution in [3.8, 4) is 0 Å². The van der Waals surface area contributed by atoms with Crippen molar-refractivity contribution in [1.82, 2.24) is 26.2 Å². The van der Waals surface area contributed by atoms with Gasteiger partial charge in [-0.3, -0.25) is 19.2 Å². The Morgan fingerprint density at radius 2 is 1.73 bits per heavy atom. The third kappa shape index (κ3) is 8.32. The predicted octanol–water partition coefficient (Wildman–Crippen LogP) is 2.25.